The van der Waals surface area contributed by atoms with Crippen molar-refractivity contribution in [1.82, 2.24) is 15.1 Å². The number of nitrogens with one attached hydrogen (secondary N) is 2. The second kappa shape index (κ2) is 11.4. The molecule has 0 fully saturated rings. The molecule has 4 rings (SSSR count). The zero-order chi connectivity index (χ0) is 25.3. The lowest BCUT2D eigenvalue weighted by Gasteiger charge is -2.06. The molecule has 36 heavy (non-hydrogen) atoms. The van der Waals surface area contributed by atoms with Gasteiger partial charge in [0.2, 0.25) is 11.8 Å². The smallest absolute Gasteiger partial charge is 0.251 e. The zero-order valence-electron chi connectivity index (χ0n) is 19.4. The molecule has 8 heteroatoms. The van der Waals surface area contributed by atoms with Gasteiger partial charge in [-0.2, -0.15) is 5.10 Å². The van der Waals surface area contributed by atoms with Gasteiger partial charge in [-0.3, -0.25) is 19.1 Å². The van der Waals surface area contributed by atoms with E-state index in [2.05, 4.69) is 10.6 Å². The van der Waals surface area contributed by atoms with Crippen LogP contribution in [0.1, 0.15) is 21.5 Å². The molecule has 0 spiro atoms. The van der Waals surface area contributed by atoms with E-state index >= 15 is 0 Å². The molecule has 0 aliphatic heterocycles. The summed E-state index contributed by atoms with van der Waals surface area (Å²) in [6.45, 7) is 0.338. The molecule has 8 nitrogen and oxygen atoms in total. The Balaban J connectivity index is 1.50. The summed E-state index contributed by atoms with van der Waals surface area (Å²) in [6.07, 6.45) is 5.05. The van der Waals surface area contributed by atoms with E-state index in [1.54, 1.807) is 24.3 Å². The molecule has 1 aromatic heterocycles. The number of carbonyl (C=O) groups is 3. The number of aromatic nitrogens is 2. The lowest BCUT2D eigenvalue weighted by molar-refractivity contribution is -0.117. The standard InChI is InChI=1S/C28H25N5O3/c29-25(34)17-30-28(36)22-12-7-13-24(16-22)31-26(35)15-14-23-19-33(18-20-8-3-1-4-9-20)32-27(23)21-10-5-2-6-11-21/h1-16,19H,17-18H2,(H2,29,34)(H,30,36)(H,31,35). The molecule has 0 aliphatic carbocycles. The highest BCUT2D eigenvalue weighted by atomic mass is 16.2. The van der Waals surface area contributed by atoms with Gasteiger partial charge in [-0.05, 0) is 29.8 Å². The van der Waals surface area contributed by atoms with E-state index in [-0.39, 0.29) is 12.5 Å². The quantitative estimate of drug-likeness (QED) is 0.319. The number of nitrogens with two attached hydrogens (primary N) is 1. The summed E-state index contributed by atoms with van der Waals surface area (Å²) < 4.78 is 1.85. The molecule has 0 saturated heterocycles. The fourth-order valence-corrected chi connectivity index (χ4v) is 3.59. The van der Waals surface area contributed by atoms with Crippen molar-refractivity contribution in [2.75, 3.05) is 11.9 Å². The second-order valence-electron chi connectivity index (χ2n) is 8.03. The number of primary amides is 1. The number of nitrogens with zero attached hydrogens (tertiary/aromatic N) is 2. The average molecular weight is 480 g/mol. The molecular weight excluding hydrogens is 454 g/mol. The Morgan fingerprint density at radius 2 is 1.64 bits per heavy atom. The van der Waals surface area contributed by atoms with Crippen LogP contribution in [0.4, 0.5) is 5.69 Å². The molecular formula is C28H25N5O3. The predicted octanol–water partition coefficient (Wildman–Crippen LogP) is 3.47. The molecule has 180 valence electrons. The first-order chi connectivity index (χ1) is 17.5. The Hall–Kier alpha value is -4.98. The van der Waals surface area contributed by atoms with E-state index in [1.807, 2.05) is 71.5 Å². The highest BCUT2D eigenvalue weighted by Crippen LogP contribution is 2.23. The van der Waals surface area contributed by atoms with Crippen LogP contribution in [0.15, 0.2) is 97.2 Å². The zero-order valence-corrected chi connectivity index (χ0v) is 19.4. The number of hydrogen-bond donors (Lipinski definition) is 3. The van der Waals surface area contributed by atoms with Crippen molar-refractivity contribution in [2.24, 2.45) is 5.73 Å². The number of amides is 3. The van der Waals surface area contributed by atoms with Crippen molar-refractivity contribution in [2.45, 2.75) is 6.54 Å². The molecule has 3 amide bonds. The average Bonchev–Trinajstić information content (AvgIpc) is 3.29. The first-order valence-electron chi connectivity index (χ1n) is 11.3. The van der Waals surface area contributed by atoms with Crippen LogP contribution >= 0.6 is 0 Å². The van der Waals surface area contributed by atoms with Crippen LogP contribution in [0.3, 0.4) is 0 Å². The van der Waals surface area contributed by atoms with Gasteiger partial charge in [0.1, 0.15) is 0 Å². The fraction of sp³-hybridized carbons (Fsp3) is 0.0714. The molecule has 3 aromatic carbocycles. The summed E-state index contributed by atoms with van der Waals surface area (Å²) in [7, 11) is 0. The SMILES string of the molecule is NC(=O)CNC(=O)c1cccc(NC(=O)C=Cc2cn(Cc3ccccc3)nc2-c2ccccc2)c1. The van der Waals surface area contributed by atoms with Crippen LogP contribution in [0.5, 0.6) is 0 Å². The van der Waals surface area contributed by atoms with E-state index in [0.717, 1.165) is 22.4 Å². The maximum Gasteiger partial charge on any atom is 0.251 e. The van der Waals surface area contributed by atoms with Gasteiger partial charge >= 0.3 is 0 Å². The second-order valence-corrected chi connectivity index (χ2v) is 8.03. The molecule has 0 unspecified atom stereocenters. The largest absolute Gasteiger partial charge is 0.368 e. The Labute approximate surface area is 208 Å². The lowest BCUT2D eigenvalue weighted by Crippen LogP contribution is -2.33. The summed E-state index contributed by atoms with van der Waals surface area (Å²) in [5.41, 5.74) is 9.43. The van der Waals surface area contributed by atoms with Gasteiger partial charge in [-0.15, -0.1) is 0 Å². The molecule has 0 atom stereocenters. The highest BCUT2D eigenvalue weighted by Gasteiger charge is 2.11. The summed E-state index contributed by atoms with van der Waals surface area (Å²) >= 11 is 0. The minimum atomic E-state index is -0.639. The summed E-state index contributed by atoms with van der Waals surface area (Å²) in [5, 5.41) is 9.93. The lowest BCUT2D eigenvalue weighted by atomic mass is 10.1. The first-order valence-corrected chi connectivity index (χ1v) is 11.3. The molecule has 4 aromatic rings. The summed E-state index contributed by atoms with van der Waals surface area (Å²) in [4.78, 5) is 35.7. The fourth-order valence-electron chi connectivity index (χ4n) is 3.59. The highest BCUT2D eigenvalue weighted by molar-refractivity contribution is 6.03. The van der Waals surface area contributed by atoms with E-state index in [0.29, 0.717) is 17.8 Å². The van der Waals surface area contributed by atoms with Crippen molar-refractivity contribution < 1.29 is 14.4 Å². The number of carbonyl (C=O) groups excluding carboxylic acids is 3. The van der Waals surface area contributed by atoms with Crippen LogP contribution < -0.4 is 16.4 Å². The monoisotopic (exact) mass is 479 g/mol. The van der Waals surface area contributed by atoms with Crippen LogP contribution in [-0.2, 0) is 16.1 Å². The number of benzene rings is 3. The van der Waals surface area contributed by atoms with Crippen LogP contribution in [0.25, 0.3) is 17.3 Å². The van der Waals surface area contributed by atoms with Crippen molar-refractivity contribution in [3.8, 4) is 11.3 Å². The topological polar surface area (TPSA) is 119 Å². The van der Waals surface area contributed by atoms with Crippen LogP contribution in [0, 0.1) is 0 Å². The van der Waals surface area contributed by atoms with E-state index in [1.165, 1.54) is 12.1 Å². The summed E-state index contributed by atoms with van der Waals surface area (Å²) in [6, 6.07) is 26.2. The molecule has 0 aliphatic rings. The maximum atomic E-state index is 12.6. The van der Waals surface area contributed by atoms with Crippen molar-refractivity contribution in [1.29, 1.82) is 0 Å². The minimum absolute atomic E-state index is 0.264. The Kier molecular flexibility index (Phi) is 7.67. The third-order valence-electron chi connectivity index (χ3n) is 5.25. The minimum Gasteiger partial charge on any atom is -0.368 e. The van der Waals surface area contributed by atoms with E-state index in [9.17, 15) is 14.4 Å². The number of hydrogen-bond acceptors (Lipinski definition) is 4. The Morgan fingerprint density at radius 3 is 2.36 bits per heavy atom. The molecule has 0 saturated carbocycles. The molecule has 0 bridgehead atoms. The Morgan fingerprint density at radius 1 is 0.917 bits per heavy atom. The predicted molar refractivity (Wildman–Crippen MR) is 139 cm³/mol. The van der Waals surface area contributed by atoms with Crippen molar-refractivity contribution in [3.63, 3.8) is 0 Å². The number of rotatable bonds is 9. The van der Waals surface area contributed by atoms with Crippen molar-refractivity contribution in [3.05, 3.63) is 114 Å². The van der Waals surface area contributed by atoms with Crippen molar-refractivity contribution >= 4 is 29.5 Å². The molecule has 1 heterocycles. The van der Waals surface area contributed by atoms with Gasteiger partial charge < -0.3 is 16.4 Å². The maximum absolute atomic E-state index is 12.6. The Bertz CT molecular complexity index is 1400. The van der Waals surface area contributed by atoms with Crippen LogP contribution in [-0.4, -0.2) is 34.0 Å². The van der Waals surface area contributed by atoms with Gasteiger partial charge in [-0.1, -0.05) is 66.7 Å². The van der Waals surface area contributed by atoms with E-state index < -0.39 is 11.8 Å². The van der Waals surface area contributed by atoms with Gasteiger partial charge in [0.15, 0.2) is 0 Å². The molecule has 4 N–H and O–H groups in total. The van der Waals surface area contributed by atoms with Crippen LogP contribution in [0.2, 0.25) is 0 Å². The van der Waals surface area contributed by atoms with E-state index in [4.69, 9.17) is 10.8 Å². The van der Waals surface area contributed by atoms with Gasteiger partial charge in [0.25, 0.3) is 5.91 Å². The third-order valence-corrected chi connectivity index (χ3v) is 5.25. The van der Waals surface area contributed by atoms with Gasteiger partial charge in [-0.25, -0.2) is 0 Å². The third kappa shape index (κ3) is 6.54. The number of anilines is 1. The summed E-state index contributed by atoms with van der Waals surface area (Å²) in [5.74, 6) is -1.46. The normalized spacial score (nSPS) is 10.8. The first kappa shape index (κ1) is 24.2. The van der Waals surface area contributed by atoms with Gasteiger partial charge in [0.05, 0.1) is 18.8 Å². The molecule has 0 radical (unpaired) electrons. The van der Waals surface area contributed by atoms with Gasteiger partial charge in [0, 0.05) is 34.7 Å².